The van der Waals surface area contributed by atoms with Crippen molar-refractivity contribution in [1.82, 2.24) is 14.8 Å². The molecular weight excluding hydrogens is 402 g/mol. The molecule has 9 heteroatoms. The third-order valence-electron chi connectivity index (χ3n) is 5.09. The summed E-state index contributed by atoms with van der Waals surface area (Å²) in [6.45, 7) is 7.20. The summed E-state index contributed by atoms with van der Waals surface area (Å²) in [4.78, 5) is 24.0. The number of amides is 2. The van der Waals surface area contributed by atoms with E-state index < -0.39 is 0 Å². The van der Waals surface area contributed by atoms with Gasteiger partial charge in [0.05, 0.1) is 17.9 Å². The van der Waals surface area contributed by atoms with Crippen LogP contribution >= 0.6 is 11.8 Å². The fourth-order valence-electron chi connectivity index (χ4n) is 3.40. The average molecular weight is 432 g/mol. The molecule has 3 N–H and O–H groups in total. The van der Waals surface area contributed by atoms with E-state index in [0.717, 1.165) is 36.3 Å². The second kappa shape index (κ2) is 10.1. The smallest absolute Gasteiger partial charge is 0.237 e. The number of benzene rings is 1. The van der Waals surface area contributed by atoms with Gasteiger partial charge in [0.15, 0.2) is 5.16 Å². The Morgan fingerprint density at radius 3 is 2.83 bits per heavy atom. The van der Waals surface area contributed by atoms with E-state index in [9.17, 15) is 9.59 Å². The summed E-state index contributed by atoms with van der Waals surface area (Å²) >= 11 is 1.35. The molecule has 30 heavy (non-hydrogen) atoms. The van der Waals surface area contributed by atoms with Crippen molar-refractivity contribution < 1.29 is 14.3 Å². The van der Waals surface area contributed by atoms with Gasteiger partial charge in [-0.2, -0.15) is 0 Å². The normalized spacial score (nSPS) is 17.1. The molecule has 2 heterocycles. The van der Waals surface area contributed by atoms with E-state index in [4.69, 9.17) is 10.5 Å². The second-order valence-electron chi connectivity index (χ2n) is 7.68. The van der Waals surface area contributed by atoms with Crippen LogP contribution in [0.3, 0.4) is 0 Å². The van der Waals surface area contributed by atoms with Crippen molar-refractivity contribution in [1.29, 1.82) is 0 Å². The summed E-state index contributed by atoms with van der Waals surface area (Å²) in [5.74, 6) is 0.211. The first kappa shape index (κ1) is 22.3. The van der Waals surface area contributed by atoms with Crippen molar-refractivity contribution in [2.75, 3.05) is 11.9 Å². The lowest BCUT2D eigenvalue weighted by molar-refractivity contribution is -0.118. The molecule has 3 rings (SSSR count). The molecule has 0 radical (unpaired) electrons. The molecule has 0 aliphatic carbocycles. The zero-order valence-electron chi connectivity index (χ0n) is 17.7. The molecule has 0 bridgehead atoms. The van der Waals surface area contributed by atoms with E-state index in [1.165, 1.54) is 11.8 Å². The minimum absolute atomic E-state index is 0.0898. The van der Waals surface area contributed by atoms with Gasteiger partial charge in [-0.05, 0) is 45.2 Å². The highest BCUT2D eigenvalue weighted by Gasteiger charge is 2.24. The highest BCUT2D eigenvalue weighted by Crippen LogP contribution is 2.26. The van der Waals surface area contributed by atoms with E-state index in [1.54, 1.807) is 0 Å². The highest BCUT2D eigenvalue weighted by molar-refractivity contribution is 8.00. The molecule has 2 atom stereocenters. The molecule has 1 aliphatic rings. The number of carbonyl (C=O) groups excluding carboxylic acids is 2. The summed E-state index contributed by atoms with van der Waals surface area (Å²) < 4.78 is 7.72. The van der Waals surface area contributed by atoms with Crippen LogP contribution in [0.25, 0.3) is 0 Å². The van der Waals surface area contributed by atoms with Gasteiger partial charge in [-0.3, -0.25) is 9.59 Å². The molecule has 1 aromatic carbocycles. The number of carbonyl (C=O) groups is 2. The Kier molecular flexibility index (Phi) is 7.49. The fourth-order valence-corrected chi connectivity index (χ4v) is 4.28. The lowest BCUT2D eigenvalue weighted by Crippen LogP contribution is -2.24. The zero-order valence-corrected chi connectivity index (χ0v) is 18.5. The number of aryl methyl sites for hydroxylation is 3. The topological polar surface area (TPSA) is 112 Å². The SMILES string of the molecule is Cc1ccc(NC(=O)C(C)Sc2nnc(CCC(N)=O)n2CC2CCCO2)c(C)c1. The third-order valence-corrected chi connectivity index (χ3v) is 6.17. The summed E-state index contributed by atoms with van der Waals surface area (Å²) in [5, 5.41) is 11.8. The van der Waals surface area contributed by atoms with E-state index in [0.29, 0.717) is 23.9 Å². The van der Waals surface area contributed by atoms with Crippen molar-refractivity contribution in [3.63, 3.8) is 0 Å². The molecule has 0 saturated carbocycles. The van der Waals surface area contributed by atoms with Crippen LogP contribution in [0.5, 0.6) is 0 Å². The molecule has 2 unspecified atom stereocenters. The first-order valence-corrected chi connectivity index (χ1v) is 11.1. The molecule has 1 aliphatic heterocycles. The standard InChI is InChI=1S/C21H29N5O3S/c1-13-6-7-17(14(2)11-13)23-20(28)15(3)30-21-25-24-19(9-8-18(22)27)26(21)12-16-5-4-10-29-16/h6-7,11,15-16H,4-5,8-10,12H2,1-3H3,(H2,22,27)(H,23,28). The Labute approximate surface area is 181 Å². The first-order valence-electron chi connectivity index (χ1n) is 10.2. The number of hydrogen-bond acceptors (Lipinski definition) is 6. The van der Waals surface area contributed by atoms with Gasteiger partial charge in [0, 0.05) is 25.1 Å². The first-order chi connectivity index (χ1) is 14.3. The number of thioether (sulfide) groups is 1. The Morgan fingerprint density at radius 1 is 1.37 bits per heavy atom. The van der Waals surface area contributed by atoms with Crippen molar-refractivity contribution in [2.45, 2.75) is 69.5 Å². The Bertz CT molecular complexity index is 908. The van der Waals surface area contributed by atoms with Gasteiger partial charge in [-0.1, -0.05) is 29.5 Å². The average Bonchev–Trinajstić information content (AvgIpc) is 3.33. The molecular formula is C21H29N5O3S. The largest absolute Gasteiger partial charge is 0.376 e. The Morgan fingerprint density at radius 2 is 2.17 bits per heavy atom. The number of hydrogen-bond donors (Lipinski definition) is 2. The van der Waals surface area contributed by atoms with E-state index >= 15 is 0 Å². The van der Waals surface area contributed by atoms with Crippen LogP contribution in [0.4, 0.5) is 5.69 Å². The molecule has 162 valence electrons. The van der Waals surface area contributed by atoms with Gasteiger partial charge in [0.25, 0.3) is 0 Å². The number of nitrogens with zero attached hydrogens (tertiary/aromatic N) is 3. The van der Waals surface area contributed by atoms with E-state index in [-0.39, 0.29) is 29.6 Å². The number of nitrogens with two attached hydrogens (primary N) is 1. The molecule has 1 fully saturated rings. The van der Waals surface area contributed by atoms with Gasteiger partial charge in [0.2, 0.25) is 11.8 Å². The summed E-state index contributed by atoms with van der Waals surface area (Å²) in [6, 6.07) is 5.93. The van der Waals surface area contributed by atoms with Crippen LogP contribution in [0, 0.1) is 13.8 Å². The van der Waals surface area contributed by atoms with Gasteiger partial charge in [-0.25, -0.2) is 0 Å². The van der Waals surface area contributed by atoms with Crippen LogP contribution in [0.1, 0.15) is 43.1 Å². The highest BCUT2D eigenvalue weighted by atomic mass is 32.2. The predicted octanol–water partition coefficient (Wildman–Crippen LogP) is 2.61. The van der Waals surface area contributed by atoms with Crippen LogP contribution in [0.2, 0.25) is 0 Å². The van der Waals surface area contributed by atoms with Crippen molar-refractivity contribution in [2.24, 2.45) is 5.73 Å². The number of primary amides is 1. The summed E-state index contributed by atoms with van der Waals surface area (Å²) in [7, 11) is 0. The predicted molar refractivity (Wildman–Crippen MR) is 116 cm³/mol. The zero-order chi connectivity index (χ0) is 21.7. The molecule has 8 nitrogen and oxygen atoms in total. The molecule has 0 spiro atoms. The van der Waals surface area contributed by atoms with Gasteiger partial charge in [0.1, 0.15) is 5.82 Å². The summed E-state index contributed by atoms with van der Waals surface area (Å²) in [5.41, 5.74) is 8.28. The maximum Gasteiger partial charge on any atom is 0.237 e. The summed E-state index contributed by atoms with van der Waals surface area (Å²) in [6.07, 6.45) is 2.71. The number of nitrogens with one attached hydrogen (secondary N) is 1. The number of ether oxygens (including phenoxy) is 1. The van der Waals surface area contributed by atoms with Gasteiger partial charge in [-0.15, -0.1) is 10.2 Å². The minimum atomic E-state index is -0.378. The fraction of sp³-hybridized carbons (Fsp3) is 0.524. The van der Waals surface area contributed by atoms with Crippen molar-refractivity contribution in [3.05, 3.63) is 35.2 Å². The van der Waals surface area contributed by atoms with E-state index in [2.05, 4.69) is 15.5 Å². The number of anilines is 1. The van der Waals surface area contributed by atoms with Crippen molar-refractivity contribution >= 4 is 29.3 Å². The van der Waals surface area contributed by atoms with Gasteiger partial charge < -0.3 is 20.4 Å². The molecule has 2 aromatic rings. The number of rotatable bonds is 9. The monoisotopic (exact) mass is 431 g/mol. The van der Waals surface area contributed by atoms with Crippen LogP contribution < -0.4 is 11.1 Å². The van der Waals surface area contributed by atoms with Crippen LogP contribution in [0.15, 0.2) is 23.4 Å². The lowest BCUT2D eigenvalue weighted by atomic mass is 10.1. The Balaban J connectivity index is 1.71. The lowest BCUT2D eigenvalue weighted by Gasteiger charge is -2.17. The minimum Gasteiger partial charge on any atom is -0.376 e. The second-order valence-corrected chi connectivity index (χ2v) is 8.99. The molecule has 1 aromatic heterocycles. The third kappa shape index (κ3) is 5.82. The molecule has 1 saturated heterocycles. The maximum atomic E-state index is 12.8. The van der Waals surface area contributed by atoms with E-state index in [1.807, 2.05) is 43.5 Å². The maximum absolute atomic E-state index is 12.8. The Hall–Kier alpha value is -2.39. The van der Waals surface area contributed by atoms with Gasteiger partial charge >= 0.3 is 0 Å². The number of aromatic nitrogens is 3. The molecule has 2 amide bonds. The van der Waals surface area contributed by atoms with Crippen LogP contribution in [-0.4, -0.2) is 44.5 Å². The van der Waals surface area contributed by atoms with Crippen LogP contribution in [-0.2, 0) is 27.3 Å². The quantitative estimate of drug-likeness (QED) is 0.590. The van der Waals surface area contributed by atoms with Crippen molar-refractivity contribution in [3.8, 4) is 0 Å².